The Kier molecular flexibility index (Phi) is 8.20. The van der Waals surface area contributed by atoms with E-state index in [1.54, 1.807) is 27.4 Å². The number of aryl methyl sites for hydroxylation is 1. The third kappa shape index (κ3) is 5.40. The Morgan fingerprint density at radius 3 is 2.60 bits per heavy atom. The Morgan fingerprint density at radius 2 is 1.86 bits per heavy atom. The van der Waals surface area contributed by atoms with Crippen molar-refractivity contribution in [3.05, 3.63) is 64.9 Å². The van der Waals surface area contributed by atoms with Crippen LogP contribution in [0.2, 0.25) is 0 Å². The second-order valence-electron chi connectivity index (χ2n) is 11.9. The van der Waals surface area contributed by atoms with Crippen LogP contribution in [-0.2, 0) is 30.2 Å². The molecule has 0 bridgehead atoms. The van der Waals surface area contributed by atoms with Gasteiger partial charge in [0, 0.05) is 48.9 Å². The number of nitrogens with zero attached hydrogens (tertiary/aromatic N) is 1. The Hall–Kier alpha value is -3.82. The summed E-state index contributed by atoms with van der Waals surface area (Å²) in [6.45, 7) is 3.71. The van der Waals surface area contributed by atoms with Crippen LogP contribution in [0.4, 0.5) is 0 Å². The van der Waals surface area contributed by atoms with Gasteiger partial charge in [-0.1, -0.05) is 12.1 Å². The molecule has 3 aromatic rings. The van der Waals surface area contributed by atoms with Crippen molar-refractivity contribution in [2.75, 3.05) is 41.5 Å². The van der Waals surface area contributed by atoms with Crippen LogP contribution in [0.3, 0.4) is 0 Å². The van der Waals surface area contributed by atoms with E-state index in [1.807, 2.05) is 37.3 Å². The van der Waals surface area contributed by atoms with E-state index < -0.39 is 24.1 Å². The van der Waals surface area contributed by atoms with Crippen LogP contribution < -0.4 is 9.47 Å². The average Bonchev–Trinajstić information content (AvgIpc) is 3.40. The number of methoxy groups -OCH3 is 4. The number of fused-ring (bicyclic) bond motifs is 6. The zero-order valence-corrected chi connectivity index (χ0v) is 25.4. The number of carbonyl (C=O) groups excluding carboxylic acids is 2. The molecule has 1 saturated heterocycles. The van der Waals surface area contributed by atoms with E-state index in [2.05, 4.69) is 16.0 Å². The molecule has 2 aliphatic heterocycles. The van der Waals surface area contributed by atoms with Gasteiger partial charge in [0.1, 0.15) is 23.7 Å². The first-order valence-corrected chi connectivity index (χ1v) is 14.9. The van der Waals surface area contributed by atoms with Gasteiger partial charge in [0.05, 0.1) is 33.3 Å². The second kappa shape index (κ2) is 12.1. The molecule has 1 aliphatic carbocycles. The van der Waals surface area contributed by atoms with E-state index in [4.69, 9.17) is 23.7 Å². The minimum Gasteiger partial charge on any atom is -0.497 e. The van der Waals surface area contributed by atoms with Gasteiger partial charge in [-0.3, -0.25) is 9.69 Å². The summed E-state index contributed by atoms with van der Waals surface area (Å²) in [7, 11) is 6.29. The maximum atomic E-state index is 13.3. The number of hydrogen-bond donors (Lipinski definition) is 1. The number of rotatable bonds is 7. The highest BCUT2D eigenvalue weighted by Crippen LogP contribution is 2.50. The molecule has 1 saturated carbocycles. The van der Waals surface area contributed by atoms with E-state index in [-0.39, 0.29) is 23.8 Å². The Labute approximate surface area is 252 Å². The average molecular weight is 589 g/mol. The molecular formula is C34H40N2O7. The molecule has 6 unspecified atom stereocenters. The molecule has 228 valence electrons. The maximum absolute atomic E-state index is 13.3. The van der Waals surface area contributed by atoms with E-state index >= 15 is 0 Å². The molecular weight excluding hydrogens is 548 g/mol. The fourth-order valence-electron chi connectivity index (χ4n) is 7.65. The number of benzene rings is 2. The van der Waals surface area contributed by atoms with Gasteiger partial charge in [0.2, 0.25) is 0 Å². The molecule has 6 atom stereocenters. The van der Waals surface area contributed by atoms with Crippen molar-refractivity contribution in [1.29, 1.82) is 0 Å². The van der Waals surface area contributed by atoms with Gasteiger partial charge in [-0.2, -0.15) is 0 Å². The predicted molar refractivity (Wildman–Crippen MR) is 162 cm³/mol. The van der Waals surface area contributed by atoms with Crippen molar-refractivity contribution in [2.24, 2.45) is 17.8 Å². The SMILES string of the molecule is COC(=O)C1C2CC3c4[nH]c5cc(OC)ccc5c4CCN3CC2CC(OC(=O)/C=C/c2ccc(C)c(OC)c2)C1OC. The molecule has 3 aliphatic rings. The summed E-state index contributed by atoms with van der Waals surface area (Å²) in [5.41, 5.74) is 5.48. The van der Waals surface area contributed by atoms with Crippen LogP contribution in [0, 0.1) is 24.7 Å². The molecule has 2 aromatic carbocycles. The zero-order valence-electron chi connectivity index (χ0n) is 25.4. The van der Waals surface area contributed by atoms with Gasteiger partial charge in [0.15, 0.2) is 0 Å². The monoisotopic (exact) mass is 588 g/mol. The Morgan fingerprint density at radius 1 is 1.02 bits per heavy atom. The van der Waals surface area contributed by atoms with Crippen LogP contribution in [-0.4, -0.2) is 75.6 Å². The lowest BCUT2D eigenvalue weighted by Gasteiger charge is -2.52. The van der Waals surface area contributed by atoms with Crippen molar-refractivity contribution in [3.63, 3.8) is 0 Å². The normalized spacial score (nSPS) is 26.8. The number of aromatic amines is 1. The summed E-state index contributed by atoms with van der Waals surface area (Å²) in [6.07, 6.45) is 4.31. The zero-order chi connectivity index (χ0) is 30.2. The molecule has 1 N–H and O–H groups in total. The van der Waals surface area contributed by atoms with Crippen LogP contribution in [0.5, 0.6) is 11.5 Å². The summed E-state index contributed by atoms with van der Waals surface area (Å²) < 4.78 is 28.1. The molecule has 0 radical (unpaired) electrons. The Balaban J connectivity index is 1.24. The number of piperidine rings is 1. The van der Waals surface area contributed by atoms with E-state index in [1.165, 1.54) is 29.8 Å². The maximum Gasteiger partial charge on any atom is 0.331 e. The van der Waals surface area contributed by atoms with Crippen molar-refractivity contribution in [3.8, 4) is 11.5 Å². The van der Waals surface area contributed by atoms with Crippen molar-refractivity contribution < 1.29 is 33.3 Å². The predicted octanol–water partition coefficient (Wildman–Crippen LogP) is 4.86. The summed E-state index contributed by atoms with van der Waals surface area (Å²) in [6, 6.07) is 12.1. The molecule has 1 aromatic heterocycles. The smallest absolute Gasteiger partial charge is 0.331 e. The third-order valence-corrected chi connectivity index (χ3v) is 9.71. The molecule has 2 fully saturated rings. The third-order valence-electron chi connectivity index (χ3n) is 9.71. The molecule has 0 spiro atoms. The topological polar surface area (TPSA) is 99.3 Å². The largest absolute Gasteiger partial charge is 0.497 e. The fourth-order valence-corrected chi connectivity index (χ4v) is 7.65. The van der Waals surface area contributed by atoms with Crippen LogP contribution in [0.25, 0.3) is 17.0 Å². The lowest BCUT2D eigenvalue weighted by Crippen LogP contribution is -2.58. The molecule has 3 heterocycles. The van der Waals surface area contributed by atoms with Gasteiger partial charge >= 0.3 is 11.9 Å². The number of aromatic nitrogens is 1. The molecule has 6 rings (SSSR count). The number of nitrogens with one attached hydrogen (secondary N) is 1. The van der Waals surface area contributed by atoms with Gasteiger partial charge in [-0.15, -0.1) is 0 Å². The molecule has 43 heavy (non-hydrogen) atoms. The van der Waals surface area contributed by atoms with Crippen LogP contribution in [0.15, 0.2) is 42.5 Å². The fraction of sp³-hybridized carbons (Fsp3) is 0.471. The first-order valence-electron chi connectivity index (χ1n) is 14.9. The highest BCUT2D eigenvalue weighted by Gasteiger charge is 2.54. The van der Waals surface area contributed by atoms with Gasteiger partial charge in [-0.05, 0) is 79.0 Å². The quantitative estimate of drug-likeness (QED) is 0.309. The highest BCUT2D eigenvalue weighted by atomic mass is 16.6. The molecule has 9 nitrogen and oxygen atoms in total. The van der Waals surface area contributed by atoms with Crippen LogP contribution >= 0.6 is 0 Å². The number of hydrogen-bond acceptors (Lipinski definition) is 8. The molecule has 9 heteroatoms. The van der Waals surface area contributed by atoms with Crippen molar-refractivity contribution >= 4 is 28.9 Å². The minimum absolute atomic E-state index is 0.0241. The minimum atomic E-state index is -0.605. The number of carbonyl (C=O) groups is 2. The highest BCUT2D eigenvalue weighted by molar-refractivity contribution is 5.88. The standard InChI is InChI=1S/C34H40N2O7/c1-19-6-7-20(14-28(19)40-3)8-11-30(37)43-29-15-21-18-36-13-12-24-23-10-9-22(39-2)16-26(23)35-32(24)27(36)17-25(21)31(33(29)41-4)34(38)42-5/h6-11,14,16,21,25,27,29,31,33,35H,12-13,15,17-18H2,1-5H3/b11-8+. The van der Waals surface area contributed by atoms with E-state index in [9.17, 15) is 9.59 Å². The summed E-state index contributed by atoms with van der Waals surface area (Å²) in [5, 5.41) is 1.23. The van der Waals surface area contributed by atoms with Crippen LogP contribution in [0.1, 0.15) is 41.3 Å². The summed E-state index contributed by atoms with van der Waals surface area (Å²) in [5.74, 6) is 0.406. The van der Waals surface area contributed by atoms with Crippen molar-refractivity contribution in [2.45, 2.75) is 44.4 Å². The first-order chi connectivity index (χ1) is 20.8. The van der Waals surface area contributed by atoms with Gasteiger partial charge in [0.25, 0.3) is 0 Å². The second-order valence-corrected chi connectivity index (χ2v) is 11.9. The lowest BCUT2D eigenvalue weighted by atomic mass is 9.63. The van der Waals surface area contributed by atoms with Gasteiger partial charge in [-0.25, -0.2) is 4.79 Å². The van der Waals surface area contributed by atoms with Crippen molar-refractivity contribution in [1.82, 2.24) is 9.88 Å². The lowest BCUT2D eigenvalue weighted by molar-refractivity contribution is -0.187. The number of H-pyrrole nitrogens is 1. The number of ether oxygens (including phenoxy) is 5. The van der Waals surface area contributed by atoms with E-state index in [0.29, 0.717) is 6.42 Å². The van der Waals surface area contributed by atoms with Gasteiger partial charge < -0.3 is 28.7 Å². The Bertz CT molecular complexity index is 1540. The summed E-state index contributed by atoms with van der Waals surface area (Å²) in [4.78, 5) is 32.6. The number of esters is 2. The summed E-state index contributed by atoms with van der Waals surface area (Å²) >= 11 is 0. The molecule has 0 amide bonds. The first kappa shape index (κ1) is 29.3. The van der Waals surface area contributed by atoms with E-state index in [0.717, 1.165) is 54.1 Å².